The van der Waals surface area contributed by atoms with Gasteiger partial charge in [0.1, 0.15) is 12.4 Å². The highest BCUT2D eigenvalue weighted by molar-refractivity contribution is 14.0. The fraction of sp³-hybridized carbons (Fsp3) is 0.588. The molecule has 0 atom stereocenters. The predicted octanol–water partition coefficient (Wildman–Crippen LogP) is 2.73. The van der Waals surface area contributed by atoms with E-state index in [2.05, 4.69) is 15.6 Å². The molecular weight excluding hydrogens is 491 g/mol. The molecule has 0 aromatic heterocycles. The van der Waals surface area contributed by atoms with Crippen molar-refractivity contribution in [3.8, 4) is 5.75 Å². The lowest BCUT2D eigenvalue weighted by molar-refractivity contribution is 0.304. The van der Waals surface area contributed by atoms with Crippen molar-refractivity contribution in [3.05, 3.63) is 29.8 Å². The van der Waals surface area contributed by atoms with Crippen molar-refractivity contribution < 1.29 is 21.9 Å². The molecule has 27 heavy (non-hydrogen) atoms. The van der Waals surface area contributed by atoms with Gasteiger partial charge >= 0.3 is 0 Å². The third-order valence-corrected chi connectivity index (χ3v) is 6.04. The highest BCUT2D eigenvalue weighted by Crippen LogP contribution is 2.17. The lowest BCUT2D eigenvalue weighted by atomic mass is 10.3. The molecule has 0 unspecified atom stereocenters. The average Bonchev–Trinajstić information content (AvgIpc) is 2.51. The van der Waals surface area contributed by atoms with Crippen LogP contribution >= 0.6 is 24.0 Å². The number of halogens is 3. The number of nitrogens with one attached hydrogen (secondary N) is 2. The van der Waals surface area contributed by atoms with Crippen molar-refractivity contribution in [2.75, 3.05) is 32.0 Å². The van der Waals surface area contributed by atoms with Crippen LogP contribution in [0.3, 0.4) is 0 Å². The Kier molecular flexibility index (Phi) is 11.1. The van der Waals surface area contributed by atoms with E-state index in [1.165, 1.54) is 6.07 Å². The summed E-state index contributed by atoms with van der Waals surface area (Å²) in [7, 11) is -3.24. The van der Waals surface area contributed by atoms with Crippen LogP contribution in [0.15, 0.2) is 23.2 Å². The zero-order valence-corrected chi connectivity index (χ0v) is 19.2. The molecule has 6 nitrogen and oxygen atoms in total. The third kappa shape index (κ3) is 9.04. The van der Waals surface area contributed by atoms with E-state index >= 15 is 0 Å². The minimum absolute atomic E-state index is 0. The first-order valence-electron chi connectivity index (χ1n) is 8.39. The zero-order valence-electron chi connectivity index (χ0n) is 16.0. The van der Waals surface area contributed by atoms with Crippen molar-refractivity contribution in [2.24, 2.45) is 4.99 Å². The monoisotopic (exact) mass is 519 g/mol. The van der Waals surface area contributed by atoms with Gasteiger partial charge in [0.2, 0.25) is 0 Å². The lowest BCUT2D eigenvalue weighted by Crippen LogP contribution is -2.40. The number of rotatable bonds is 8. The summed E-state index contributed by atoms with van der Waals surface area (Å²) in [5.74, 6) is -1.08. The molecule has 10 heteroatoms. The summed E-state index contributed by atoms with van der Waals surface area (Å²) < 4.78 is 54.8. The molecule has 1 rings (SSSR count). The molecule has 0 aliphatic rings. The molecule has 0 heterocycles. The Morgan fingerprint density at radius 2 is 1.89 bits per heavy atom. The molecule has 0 saturated carbocycles. The van der Waals surface area contributed by atoms with Crippen LogP contribution in [0, 0.1) is 11.6 Å². The van der Waals surface area contributed by atoms with Crippen LogP contribution in [-0.2, 0) is 9.84 Å². The van der Waals surface area contributed by atoms with E-state index in [-0.39, 0.29) is 48.6 Å². The summed E-state index contributed by atoms with van der Waals surface area (Å²) in [5.41, 5.74) is 0. The third-order valence-electron chi connectivity index (χ3n) is 3.45. The SMILES string of the molecule is CCNC(=NCCS(=O)(=O)C(C)(C)C)NCCOc1ccc(F)cc1F.I. The molecule has 0 aliphatic carbocycles. The number of ether oxygens (including phenoxy) is 1. The predicted molar refractivity (Wildman–Crippen MR) is 115 cm³/mol. The molecule has 156 valence electrons. The van der Waals surface area contributed by atoms with Gasteiger partial charge in [0.15, 0.2) is 27.4 Å². The summed E-state index contributed by atoms with van der Waals surface area (Å²) in [6, 6.07) is 3.10. The number of benzene rings is 1. The number of aliphatic imine (C=N–C) groups is 1. The normalized spacial score (nSPS) is 12.3. The van der Waals surface area contributed by atoms with E-state index in [0.29, 0.717) is 19.0 Å². The molecule has 0 aliphatic heterocycles. The Hall–Kier alpha value is -1.17. The fourth-order valence-electron chi connectivity index (χ4n) is 1.85. The van der Waals surface area contributed by atoms with Gasteiger partial charge in [-0.25, -0.2) is 17.2 Å². The minimum Gasteiger partial charge on any atom is -0.489 e. The molecule has 0 bridgehead atoms. The summed E-state index contributed by atoms with van der Waals surface area (Å²) >= 11 is 0. The Morgan fingerprint density at radius 1 is 1.22 bits per heavy atom. The molecule has 0 radical (unpaired) electrons. The molecule has 1 aromatic rings. The van der Waals surface area contributed by atoms with Gasteiger partial charge in [-0.15, -0.1) is 24.0 Å². The summed E-state index contributed by atoms with van der Waals surface area (Å²) in [5, 5.41) is 5.96. The second-order valence-electron chi connectivity index (χ2n) is 6.54. The van der Waals surface area contributed by atoms with Crippen LogP contribution < -0.4 is 15.4 Å². The number of nitrogens with zero attached hydrogens (tertiary/aromatic N) is 1. The maximum Gasteiger partial charge on any atom is 0.191 e. The number of hydrogen-bond acceptors (Lipinski definition) is 4. The van der Waals surface area contributed by atoms with Crippen LogP contribution in [0.4, 0.5) is 8.78 Å². The Morgan fingerprint density at radius 3 is 2.44 bits per heavy atom. The maximum atomic E-state index is 13.5. The first-order valence-corrected chi connectivity index (χ1v) is 10.0. The van der Waals surface area contributed by atoms with Crippen LogP contribution in [0.1, 0.15) is 27.7 Å². The van der Waals surface area contributed by atoms with Crippen molar-refractivity contribution in [2.45, 2.75) is 32.4 Å². The second kappa shape index (κ2) is 11.6. The number of hydrogen-bond donors (Lipinski definition) is 2. The first-order chi connectivity index (χ1) is 12.1. The summed E-state index contributed by atoms with van der Waals surface area (Å²) in [4.78, 5) is 4.22. The number of guanidine groups is 1. The van der Waals surface area contributed by atoms with E-state index in [4.69, 9.17) is 4.74 Å². The molecule has 2 N–H and O–H groups in total. The Balaban J connectivity index is 0.00000676. The Labute approximate surface area is 177 Å². The highest BCUT2D eigenvalue weighted by atomic mass is 127. The smallest absolute Gasteiger partial charge is 0.191 e. The van der Waals surface area contributed by atoms with Gasteiger partial charge < -0.3 is 15.4 Å². The molecular formula is C17H28F2IN3O3S. The van der Waals surface area contributed by atoms with Gasteiger partial charge in [-0.3, -0.25) is 4.99 Å². The lowest BCUT2D eigenvalue weighted by Gasteiger charge is -2.18. The Bertz CT molecular complexity index is 723. The second-order valence-corrected chi connectivity index (χ2v) is 9.40. The van der Waals surface area contributed by atoms with Crippen LogP contribution in [0.25, 0.3) is 0 Å². The molecule has 0 spiro atoms. The van der Waals surface area contributed by atoms with E-state index in [9.17, 15) is 17.2 Å². The topological polar surface area (TPSA) is 79.8 Å². The van der Waals surface area contributed by atoms with E-state index in [1.807, 2.05) is 6.92 Å². The molecule has 1 aromatic carbocycles. The van der Waals surface area contributed by atoms with Gasteiger partial charge in [-0.05, 0) is 39.8 Å². The maximum absolute atomic E-state index is 13.5. The zero-order chi connectivity index (χ0) is 19.8. The summed E-state index contributed by atoms with van der Waals surface area (Å²) in [6.45, 7) is 8.02. The van der Waals surface area contributed by atoms with E-state index in [1.54, 1.807) is 20.8 Å². The molecule has 0 saturated heterocycles. The van der Waals surface area contributed by atoms with Crippen molar-refractivity contribution in [1.82, 2.24) is 10.6 Å². The van der Waals surface area contributed by atoms with Crippen LogP contribution in [0.5, 0.6) is 5.75 Å². The van der Waals surface area contributed by atoms with Gasteiger partial charge in [0, 0.05) is 12.6 Å². The van der Waals surface area contributed by atoms with Gasteiger partial charge in [-0.2, -0.15) is 0 Å². The van der Waals surface area contributed by atoms with Crippen molar-refractivity contribution in [3.63, 3.8) is 0 Å². The standard InChI is InChI=1S/C17H27F2N3O3S.HI/c1-5-20-16(22-9-11-26(23,24)17(2,3)4)21-8-10-25-15-7-6-13(18)12-14(15)19;/h6-7,12H,5,8-11H2,1-4H3,(H2,20,21,22);1H. The average molecular weight is 519 g/mol. The van der Waals surface area contributed by atoms with Crippen molar-refractivity contribution >= 4 is 39.8 Å². The van der Waals surface area contributed by atoms with E-state index in [0.717, 1.165) is 12.1 Å². The number of sulfone groups is 1. The van der Waals surface area contributed by atoms with Gasteiger partial charge in [0.25, 0.3) is 0 Å². The quantitative estimate of drug-likeness (QED) is 0.239. The van der Waals surface area contributed by atoms with Gasteiger partial charge in [-0.1, -0.05) is 0 Å². The van der Waals surface area contributed by atoms with Crippen LogP contribution in [-0.4, -0.2) is 51.1 Å². The van der Waals surface area contributed by atoms with Gasteiger partial charge in [0.05, 0.1) is 23.6 Å². The largest absolute Gasteiger partial charge is 0.489 e. The molecule has 0 fully saturated rings. The van der Waals surface area contributed by atoms with E-state index < -0.39 is 26.2 Å². The summed E-state index contributed by atoms with van der Waals surface area (Å²) in [6.07, 6.45) is 0. The van der Waals surface area contributed by atoms with Crippen LogP contribution in [0.2, 0.25) is 0 Å². The minimum atomic E-state index is -3.24. The first kappa shape index (κ1) is 25.8. The fourth-order valence-corrected chi connectivity index (χ4v) is 2.79. The highest BCUT2D eigenvalue weighted by Gasteiger charge is 2.28. The van der Waals surface area contributed by atoms with Crippen molar-refractivity contribution in [1.29, 1.82) is 0 Å². The molecule has 0 amide bonds.